The fourth-order valence-electron chi connectivity index (χ4n) is 3.72. The van der Waals surface area contributed by atoms with Crippen molar-refractivity contribution in [3.63, 3.8) is 0 Å². The maximum absolute atomic E-state index is 12.0. The molecule has 190 valence electrons. The van der Waals surface area contributed by atoms with Gasteiger partial charge < -0.3 is 14.5 Å². The largest absolute Gasteiger partial charge is 0.444 e. The molecule has 2 heterocycles. The maximum Gasteiger partial charge on any atom is 0.412 e. The van der Waals surface area contributed by atoms with E-state index >= 15 is 0 Å². The molecule has 1 aliphatic rings. The Morgan fingerprint density at radius 2 is 1.97 bits per heavy atom. The van der Waals surface area contributed by atoms with Gasteiger partial charge in [0.1, 0.15) is 11.4 Å². The van der Waals surface area contributed by atoms with E-state index in [9.17, 15) is 9.59 Å². The van der Waals surface area contributed by atoms with Gasteiger partial charge in [0.15, 0.2) is 6.29 Å². The second-order valence-corrected chi connectivity index (χ2v) is 9.67. The number of hydrogen-bond donors (Lipinski definition) is 3. The first-order valence-electron chi connectivity index (χ1n) is 12.1. The summed E-state index contributed by atoms with van der Waals surface area (Å²) >= 11 is 0. The van der Waals surface area contributed by atoms with Crippen LogP contribution < -0.4 is 10.8 Å². The number of H-pyrrole nitrogens is 1. The number of aromatic amines is 1. The molecule has 0 aliphatic carbocycles. The summed E-state index contributed by atoms with van der Waals surface area (Å²) in [5.41, 5.74) is 6.07. The van der Waals surface area contributed by atoms with E-state index in [4.69, 9.17) is 14.3 Å². The molecule has 1 fully saturated rings. The maximum atomic E-state index is 12.0. The predicted octanol–water partition coefficient (Wildman–Crippen LogP) is 5.09. The predicted molar refractivity (Wildman–Crippen MR) is 137 cm³/mol. The number of hydroxylamine groups is 1. The van der Waals surface area contributed by atoms with Crippen LogP contribution in [0.5, 0.6) is 0 Å². The number of anilines is 1. The molecule has 2 aromatic carbocycles. The van der Waals surface area contributed by atoms with E-state index in [1.54, 1.807) is 12.1 Å². The highest BCUT2D eigenvalue weighted by atomic mass is 16.8. The summed E-state index contributed by atoms with van der Waals surface area (Å²) in [6, 6.07) is 13.3. The van der Waals surface area contributed by atoms with E-state index in [1.165, 1.54) is 6.08 Å². The van der Waals surface area contributed by atoms with Crippen LogP contribution in [0.2, 0.25) is 0 Å². The standard InChI is InChI=1S/C27H32N4O5/c1-27(2,3)35-26(33)28-20-12-13-21-22(17-20)30-23(29-21)16-19-9-7-18(8-10-19)11-14-24(32)31-36-25-6-4-5-15-34-25/h7-14,17,25H,4-6,15-16H2,1-3H3,(H,28,33)(H,29,30)(H,31,32)/b14-11+. The highest BCUT2D eigenvalue weighted by molar-refractivity contribution is 5.91. The van der Waals surface area contributed by atoms with Crippen molar-refractivity contribution in [3.8, 4) is 0 Å². The number of carbonyl (C=O) groups is 2. The van der Waals surface area contributed by atoms with Gasteiger partial charge in [-0.25, -0.2) is 20.1 Å². The van der Waals surface area contributed by atoms with Crippen molar-refractivity contribution in [2.45, 2.75) is 58.3 Å². The van der Waals surface area contributed by atoms with Crippen LogP contribution in [0.15, 0.2) is 48.5 Å². The lowest BCUT2D eigenvalue weighted by molar-refractivity contribution is -0.198. The van der Waals surface area contributed by atoms with Crippen molar-refractivity contribution >= 4 is 34.8 Å². The summed E-state index contributed by atoms with van der Waals surface area (Å²) in [6.07, 6.45) is 5.73. The van der Waals surface area contributed by atoms with Crippen LogP contribution in [0.3, 0.4) is 0 Å². The second-order valence-electron chi connectivity index (χ2n) is 9.67. The van der Waals surface area contributed by atoms with Crippen LogP contribution in [-0.2, 0) is 25.5 Å². The molecular weight excluding hydrogens is 460 g/mol. The first-order valence-corrected chi connectivity index (χ1v) is 12.1. The van der Waals surface area contributed by atoms with Gasteiger partial charge in [-0.1, -0.05) is 24.3 Å². The molecule has 4 rings (SSSR count). The Morgan fingerprint density at radius 1 is 1.17 bits per heavy atom. The summed E-state index contributed by atoms with van der Waals surface area (Å²) < 4.78 is 10.7. The monoisotopic (exact) mass is 492 g/mol. The normalized spacial score (nSPS) is 16.2. The molecule has 0 spiro atoms. The number of hydrogen-bond acceptors (Lipinski definition) is 6. The minimum Gasteiger partial charge on any atom is -0.444 e. The highest BCUT2D eigenvalue weighted by Crippen LogP contribution is 2.20. The van der Waals surface area contributed by atoms with Crippen molar-refractivity contribution in [2.24, 2.45) is 0 Å². The molecule has 0 bridgehead atoms. The third-order valence-corrected chi connectivity index (χ3v) is 5.38. The summed E-state index contributed by atoms with van der Waals surface area (Å²) in [5.74, 6) is 0.472. The molecule has 9 nitrogen and oxygen atoms in total. The number of nitrogens with one attached hydrogen (secondary N) is 3. The zero-order valence-electron chi connectivity index (χ0n) is 20.8. The number of rotatable bonds is 7. The van der Waals surface area contributed by atoms with Gasteiger partial charge in [-0.15, -0.1) is 0 Å². The van der Waals surface area contributed by atoms with Gasteiger partial charge >= 0.3 is 6.09 Å². The van der Waals surface area contributed by atoms with Crippen molar-refractivity contribution < 1.29 is 23.9 Å². The molecule has 3 aromatic rings. The van der Waals surface area contributed by atoms with Crippen LogP contribution in [0.4, 0.5) is 10.5 Å². The number of imidazole rings is 1. The highest BCUT2D eigenvalue weighted by Gasteiger charge is 2.17. The van der Waals surface area contributed by atoms with Gasteiger partial charge in [0.2, 0.25) is 0 Å². The lowest BCUT2D eigenvalue weighted by Gasteiger charge is -2.21. The van der Waals surface area contributed by atoms with Gasteiger partial charge in [-0.3, -0.25) is 10.1 Å². The van der Waals surface area contributed by atoms with Crippen LogP contribution in [-0.4, -0.2) is 40.5 Å². The average Bonchev–Trinajstić information content (AvgIpc) is 3.23. The minimum absolute atomic E-state index is 0.337. The number of amides is 2. The number of fused-ring (bicyclic) bond motifs is 1. The molecular formula is C27H32N4O5. The van der Waals surface area contributed by atoms with Crippen molar-refractivity contribution in [1.82, 2.24) is 15.4 Å². The Bertz CT molecular complexity index is 1220. The van der Waals surface area contributed by atoms with Crippen LogP contribution in [0.25, 0.3) is 17.1 Å². The fraction of sp³-hybridized carbons (Fsp3) is 0.370. The molecule has 0 saturated carbocycles. The topological polar surface area (TPSA) is 115 Å². The minimum atomic E-state index is -0.564. The SMILES string of the molecule is CC(C)(C)OC(=O)Nc1ccc2nc(Cc3ccc(/C=C/C(=O)NOC4CCCCO4)cc3)[nH]c2c1. The molecule has 1 aliphatic heterocycles. The Labute approximate surface area is 210 Å². The number of ether oxygens (including phenoxy) is 2. The number of benzene rings is 2. The zero-order chi connectivity index (χ0) is 25.5. The van der Waals surface area contributed by atoms with Gasteiger partial charge in [-0.2, -0.15) is 0 Å². The van der Waals surface area contributed by atoms with E-state index in [0.29, 0.717) is 18.7 Å². The first-order chi connectivity index (χ1) is 17.2. The lowest BCUT2D eigenvalue weighted by atomic mass is 10.1. The summed E-state index contributed by atoms with van der Waals surface area (Å²) in [4.78, 5) is 37.2. The Balaban J connectivity index is 1.30. The molecule has 1 saturated heterocycles. The van der Waals surface area contributed by atoms with E-state index in [2.05, 4.69) is 20.8 Å². The average molecular weight is 493 g/mol. The van der Waals surface area contributed by atoms with E-state index < -0.39 is 11.7 Å². The summed E-state index contributed by atoms with van der Waals surface area (Å²) in [5, 5.41) is 2.74. The fourth-order valence-corrected chi connectivity index (χ4v) is 3.72. The molecule has 2 amide bonds. The third kappa shape index (κ3) is 7.66. The van der Waals surface area contributed by atoms with Crippen molar-refractivity contribution in [2.75, 3.05) is 11.9 Å². The number of carbonyl (C=O) groups excluding carboxylic acids is 2. The van der Waals surface area contributed by atoms with Crippen LogP contribution in [0.1, 0.15) is 57.0 Å². The van der Waals surface area contributed by atoms with E-state index in [0.717, 1.165) is 47.2 Å². The Kier molecular flexibility index (Phi) is 8.02. The second kappa shape index (κ2) is 11.4. The number of aromatic nitrogens is 2. The summed E-state index contributed by atoms with van der Waals surface area (Å²) in [6.45, 7) is 6.11. The lowest BCUT2D eigenvalue weighted by Crippen LogP contribution is -2.32. The molecule has 0 radical (unpaired) electrons. The van der Waals surface area contributed by atoms with Gasteiger partial charge in [0.25, 0.3) is 5.91 Å². The van der Waals surface area contributed by atoms with E-state index in [-0.39, 0.29) is 12.2 Å². The molecule has 9 heteroatoms. The van der Waals surface area contributed by atoms with Crippen LogP contribution in [0, 0.1) is 0 Å². The Hall–Kier alpha value is -3.69. The van der Waals surface area contributed by atoms with Crippen LogP contribution >= 0.6 is 0 Å². The third-order valence-electron chi connectivity index (χ3n) is 5.38. The summed E-state index contributed by atoms with van der Waals surface area (Å²) in [7, 11) is 0. The molecule has 1 aromatic heterocycles. The zero-order valence-corrected chi connectivity index (χ0v) is 20.8. The number of nitrogens with zero attached hydrogens (tertiary/aromatic N) is 1. The first kappa shape index (κ1) is 25.4. The van der Waals surface area contributed by atoms with Gasteiger partial charge in [0.05, 0.1) is 11.0 Å². The Morgan fingerprint density at radius 3 is 2.69 bits per heavy atom. The molecule has 1 unspecified atom stereocenters. The van der Waals surface area contributed by atoms with Gasteiger partial charge in [0, 0.05) is 31.2 Å². The quantitative estimate of drug-likeness (QED) is 0.313. The molecule has 1 atom stereocenters. The van der Waals surface area contributed by atoms with Crippen molar-refractivity contribution in [1.29, 1.82) is 0 Å². The smallest absolute Gasteiger partial charge is 0.412 e. The molecule has 3 N–H and O–H groups in total. The van der Waals surface area contributed by atoms with Crippen molar-refractivity contribution in [3.05, 3.63) is 65.5 Å². The molecule has 36 heavy (non-hydrogen) atoms. The van der Waals surface area contributed by atoms with Gasteiger partial charge in [-0.05, 0) is 69.0 Å². The van der Waals surface area contributed by atoms with E-state index in [1.807, 2.05) is 57.2 Å².